The number of hydrogen-bond donors (Lipinski definition) is 1. The molecule has 2 aromatic carbocycles. The predicted molar refractivity (Wildman–Crippen MR) is 127 cm³/mol. The Balaban J connectivity index is 1.26. The maximum absolute atomic E-state index is 13.4. The first-order valence-corrected chi connectivity index (χ1v) is 11.4. The van der Waals surface area contributed by atoms with Gasteiger partial charge in [0.1, 0.15) is 5.54 Å². The number of fused-ring (bicyclic) bond motifs is 1. The van der Waals surface area contributed by atoms with Gasteiger partial charge in [0.15, 0.2) is 0 Å². The van der Waals surface area contributed by atoms with E-state index in [-0.39, 0.29) is 17.5 Å². The van der Waals surface area contributed by atoms with E-state index >= 15 is 0 Å². The summed E-state index contributed by atoms with van der Waals surface area (Å²) < 4.78 is 0. The number of urea groups is 1. The van der Waals surface area contributed by atoms with Gasteiger partial charge in [-0.05, 0) is 42.3 Å². The molecule has 2 aliphatic rings. The van der Waals surface area contributed by atoms with Crippen LogP contribution in [0, 0.1) is 0 Å². The zero-order valence-electron chi connectivity index (χ0n) is 18.8. The number of aromatic nitrogens is 1. The van der Waals surface area contributed by atoms with Crippen molar-refractivity contribution < 1.29 is 9.59 Å². The number of benzene rings is 2. The van der Waals surface area contributed by atoms with E-state index < -0.39 is 5.54 Å². The number of likely N-dealkylation sites (tertiary alicyclic amines) is 1. The first kappa shape index (κ1) is 21.4. The third-order valence-electron chi connectivity index (χ3n) is 7.18. The lowest BCUT2D eigenvalue weighted by atomic mass is 9.86. The molecular formula is C26H28N4O3. The van der Waals surface area contributed by atoms with Gasteiger partial charge in [-0.1, -0.05) is 48.5 Å². The zero-order chi connectivity index (χ0) is 23.0. The van der Waals surface area contributed by atoms with E-state index in [9.17, 15) is 14.4 Å². The highest BCUT2D eigenvalue weighted by molar-refractivity contribution is 6.07. The van der Waals surface area contributed by atoms with Gasteiger partial charge in [-0.25, -0.2) is 4.79 Å². The van der Waals surface area contributed by atoms with E-state index in [0.29, 0.717) is 45.4 Å². The van der Waals surface area contributed by atoms with Crippen molar-refractivity contribution in [3.8, 4) is 0 Å². The molecule has 33 heavy (non-hydrogen) atoms. The molecule has 0 radical (unpaired) electrons. The Labute approximate surface area is 192 Å². The van der Waals surface area contributed by atoms with Crippen molar-refractivity contribution in [1.29, 1.82) is 0 Å². The van der Waals surface area contributed by atoms with E-state index in [1.54, 1.807) is 11.9 Å². The molecule has 1 N–H and O–H groups in total. The van der Waals surface area contributed by atoms with Crippen LogP contribution in [0.1, 0.15) is 24.0 Å². The summed E-state index contributed by atoms with van der Waals surface area (Å²) in [6.45, 7) is 2.23. The third kappa shape index (κ3) is 3.82. The molecule has 5 rings (SSSR count). The van der Waals surface area contributed by atoms with E-state index in [2.05, 4.69) is 9.88 Å². The van der Waals surface area contributed by atoms with Gasteiger partial charge in [-0.2, -0.15) is 0 Å². The number of imide groups is 1. The number of carbonyl (C=O) groups is 2. The average molecular weight is 445 g/mol. The number of likely N-dealkylation sites (N-methyl/N-ethyl adjacent to an activating group) is 1. The number of nitrogens with one attached hydrogen (secondary N) is 1. The monoisotopic (exact) mass is 444 g/mol. The van der Waals surface area contributed by atoms with E-state index in [1.807, 2.05) is 60.7 Å². The number of carbonyl (C=O) groups excluding carboxylic acids is 2. The molecule has 170 valence electrons. The van der Waals surface area contributed by atoms with Crippen LogP contribution in [0.3, 0.4) is 0 Å². The zero-order valence-corrected chi connectivity index (χ0v) is 18.8. The fraction of sp³-hybridized carbons (Fsp3) is 0.346. The molecule has 2 saturated heterocycles. The Morgan fingerprint density at radius 1 is 0.939 bits per heavy atom. The van der Waals surface area contributed by atoms with Gasteiger partial charge in [0.25, 0.3) is 11.5 Å². The number of amides is 3. The summed E-state index contributed by atoms with van der Waals surface area (Å²) in [5.41, 5.74) is 1.80. The fourth-order valence-electron chi connectivity index (χ4n) is 5.11. The summed E-state index contributed by atoms with van der Waals surface area (Å²) in [4.78, 5) is 47.0. The van der Waals surface area contributed by atoms with Crippen molar-refractivity contribution in [3.05, 3.63) is 82.1 Å². The van der Waals surface area contributed by atoms with Crippen molar-refractivity contribution >= 4 is 22.8 Å². The van der Waals surface area contributed by atoms with Crippen molar-refractivity contribution in [1.82, 2.24) is 19.7 Å². The molecule has 0 aliphatic carbocycles. The fourth-order valence-corrected chi connectivity index (χ4v) is 5.11. The maximum atomic E-state index is 13.4. The average Bonchev–Trinajstić information content (AvgIpc) is 3.01. The van der Waals surface area contributed by atoms with E-state index in [4.69, 9.17) is 0 Å². The van der Waals surface area contributed by atoms with Gasteiger partial charge in [-0.3, -0.25) is 19.4 Å². The molecule has 0 saturated carbocycles. The molecule has 1 spiro atoms. The van der Waals surface area contributed by atoms with Crippen molar-refractivity contribution in [2.24, 2.45) is 0 Å². The Bertz CT molecular complexity index is 1250. The number of pyridine rings is 1. The molecule has 2 fully saturated rings. The second-order valence-corrected chi connectivity index (χ2v) is 9.05. The van der Waals surface area contributed by atoms with Crippen LogP contribution in [0.15, 0.2) is 65.5 Å². The minimum Gasteiger partial charge on any atom is -0.322 e. The molecule has 3 amide bonds. The summed E-state index contributed by atoms with van der Waals surface area (Å²) in [5.74, 6) is -0.0888. The van der Waals surface area contributed by atoms with Crippen LogP contribution >= 0.6 is 0 Å². The standard InChI is InChI=1S/C26H28N4O3/c1-28-25(33)30(14-11-19-7-3-2-4-8-19)24(32)26(28)12-15-29(16-13-26)18-21-17-20-9-5-6-10-22(20)27-23(21)31/h2-10,17H,11-16,18H2,1H3,(H,27,31). The number of rotatable bonds is 5. The van der Waals surface area contributed by atoms with Crippen molar-refractivity contribution in [2.45, 2.75) is 31.3 Å². The number of nitrogens with zero attached hydrogens (tertiary/aromatic N) is 3. The van der Waals surface area contributed by atoms with Crippen LogP contribution in [0.4, 0.5) is 4.79 Å². The Morgan fingerprint density at radius 2 is 1.64 bits per heavy atom. The molecule has 0 atom stereocenters. The van der Waals surface area contributed by atoms with E-state index in [1.165, 1.54) is 4.90 Å². The molecule has 7 heteroatoms. The quantitative estimate of drug-likeness (QED) is 0.614. The summed E-state index contributed by atoms with van der Waals surface area (Å²) in [7, 11) is 1.74. The number of hydrogen-bond acceptors (Lipinski definition) is 4. The summed E-state index contributed by atoms with van der Waals surface area (Å²) in [6.07, 6.45) is 1.79. The highest BCUT2D eigenvalue weighted by Crippen LogP contribution is 2.36. The summed E-state index contributed by atoms with van der Waals surface area (Å²) >= 11 is 0. The normalized spacial score (nSPS) is 18.6. The number of H-pyrrole nitrogens is 1. The molecular weight excluding hydrogens is 416 g/mol. The molecule has 7 nitrogen and oxygen atoms in total. The van der Waals surface area contributed by atoms with Gasteiger partial charge in [-0.15, -0.1) is 0 Å². The first-order valence-electron chi connectivity index (χ1n) is 11.4. The molecule has 2 aliphatic heterocycles. The topological polar surface area (TPSA) is 76.7 Å². The van der Waals surface area contributed by atoms with Crippen LogP contribution < -0.4 is 5.56 Å². The van der Waals surface area contributed by atoms with Crippen LogP contribution in [-0.4, -0.2) is 63.8 Å². The highest BCUT2D eigenvalue weighted by atomic mass is 16.2. The SMILES string of the molecule is CN1C(=O)N(CCc2ccccc2)C(=O)C12CCN(Cc1cc3ccccc3[nH]c1=O)CC2. The third-order valence-corrected chi connectivity index (χ3v) is 7.18. The van der Waals surface area contributed by atoms with Crippen molar-refractivity contribution in [3.63, 3.8) is 0 Å². The molecule has 0 bridgehead atoms. The number of piperidine rings is 1. The minimum atomic E-state index is -0.778. The molecule has 1 aromatic heterocycles. The minimum absolute atomic E-state index is 0.0784. The van der Waals surface area contributed by atoms with Gasteiger partial charge < -0.3 is 9.88 Å². The maximum Gasteiger partial charge on any atom is 0.327 e. The second kappa shape index (κ2) is 8.48. The second-order valence-electron chi connectivity index (χ2n) is 9.05. The first-order chi connectivity index (χ1) is 16.0. The highest BCUT2D eigenvalue weighted by Gasteiger charge is 2.56. The van der Waals surface area contributed by atoms with Crippen LogP contribution in [0.25, 0.3) is 10.9 Å². The molecule has 3 heterocycles. The van der Waals surface area contributed by atoms with E-state index in [0.717, 1.165) is 22.0 Å². The van der Waals surface area contributed by atoms with Crippen LogP contribution in [0.5, 0.6) is 0 Å². The van der Waals surface area contributed by atoms with Crippen LogP contribution in [-0.2, 0) is 17.8 Å². The van der Waals surface area contributed by atoms with Crippen LogP contribution in [0.2, 0.25) is 0 Å². The molecule has 3 aromatic rings. The Kier molecular flexibility index (Phi) is 5.50. The predicted octanol–water partition coefficient (Wildman–Crippen LogP) is 3.00. The van der Waals surface area contributed by atoms with Gasteiger partial charge in [0.05, 0.1) is 0 Å². The lowest BCUT2D eigenvalue weighted by Crippen LogP contribution is -2.55. The van der Waals surface area contributed by atoms with Gasteiger partial charge >= 0.3 is 6.03 Å². The molecule has 0 unspecified atom stereocenters. The number of aromatic amines is 1. The summed E-state index contributed by atoms with van der Waals surface area (Å²) in [6, 6.07) is 19.4. The Morgan fingerprint density at radius 3 is 2.39 bits per heavy atom. The van der Waals surface area contributed by atoms with Gasteiger partial charge in [0.2, 0.25) is 0 Å². The summed E-state index contributed by atoms with van der Waals surface area (Å²) in [5, 5.41) is 1.01. The lowest BCUT2D eigenvalue weighted by Gasteiger charge is -2.40. The Hall–Kier alpha value is -3.45. The number of para-hydroxylation sites is 1. The lowest BCUT2D eigenvalue weighted by molar-refractivity contribution is -0.135. The van der Waals surface area contributed by atoms with Crippen molar-refractivity contribution in [2.75, 3.05) is 26.7 Å². The smallest absolute Gasteiger partial charge is 0.322 e. The largest absolute Gasteiger partial charge is 0.327 e. The van der Waals surface area contributed by atoms with Gasteiger partial charge in [0, 0.05) is 44.3 Å².